The van der Waals surface area contributed by atoms with Crippen molar-refractivity contribution >= 4 is 0 Å². The molecule has 3 nitrogen and oxygen atoms in total. The number of alkyl halides is 2. The first-order valence-corrected chi connectivity index (χ1v) is 7.21. The smallest absolute Gasteiger partial charge is 0.267 e. The molecule has 0 spiro atoms. The highest BCUT2D eigenvalue weighted by molar-refractivity contribution is 5.60. The molecule has 1 aromatic heterocycles. The van der Waals surface area contributed by atoms with Gasteiger partial charge in [-0.1, -0.05) is 30.3 Å². The second-order valence-corrected chi connectivity index (χ2v) is 5.33. The monoisotopic (exact) mass is 330 g/mol. The van der Waals surface area contributed by atoms with E-state index in [9.17, 15) is 18.0 Å². The predicted octanol–water partition coefficient (Wildman–Crippen LogP) is 4.28. The fourth-order valence-electron chi connectivity index (χ4n) is 2.34. The molecule has 122 valence electrons. The van der Waals surface area contributed by atoms with E-state index in [2.05, 4.69) is 5.10 Å². The molecule has 2 aromatic carbocycles. The molecule has 0 aliphatic carbocycles. The number of hydrogen-bond donors (Lipinski definition) is 0. The normalized spacial score (nSPS) is 11.0. The van der Waals surface area contributed by atoms with Gasteiger partial charge in [0.25, 0.3) is 12.0 Å². The van der Waals surface area contributed by atoms with Gasteiger partial charge in [-0.15, -0.1) is 0 Å². The van der Waals surface area contributed by atoms with Gasteiger partial charge in [-0.3, -0.25) is 4.79 Å². The summed E-state index contributed by atoms with van der Waals surface area (Å²) < 4.78 is 39.8. The van der Waals surface area contributed by atoms with Crippen LogP contribution in [0.3, 0.4) is 0 Å². The molecule has 0 N–H and O–H groups in total. The highest BCUT2D eigenvalue weighted by atomic mass is 19.3. The molecule has 3 aromatic rings. The van der Waals surface area contributed by atoms with Gasteiger partial charge in [0.2, 0.25) is 0 Å². The van der Waals surface area contributed by atoms with Crippen molar-refractivity contribution in [3.63, 3.8) is 0 Å². The SMILES string of the molecule is Cc1cc(-c2ccc(C(F)F)cc2)nn(-c2cccc(F)c2)c1=O. The molecule has 0 amide bonds. The summed E-state index contributed by atoms with van der Waals surface area (Å²) in [7, 11) is 0. The van der Waals surface area contributed by atoms with Crippen LogP contribution in [0.1, 0.15) is 17.6 Å². The van der Waals surface area contributed by atoms with E-state index in [1.807, 2.05) is 0 Å². The lowest BCUT2D eigenvalue weighted by Crippen LogP contribution is -2.23. The van der Waals surface area contributed by atoms with Gasteiger partial charge >= 0.3 is 0 Å². The van der Waals surface area contributed by atoms with Gasteiger partial charge in [-0.25, -0.2) is 13.2 Å². The van der Waals surface area contributed by atoms with E-state index in [1.54, 1.807) is 19.1 Å². The molecule has 0 fully saturated rings. The maximum Gasteiger partial charge on any atom is 0.274 e. The second-order valence-electron chi connectivity index (χ2n) is 5.33. The van der Waals surface area contributed by atoms with E-state index in [-0.39, 0.29) is 11.1 Å². The minimum Gasteiger partial charge on any atom is -0.267 e. The van der Waals surface area contributed by atoms with Gasteiger partial charge in [0.15, 0.2) is 0 Å². The van der Waals surface area contributed by atoms with Gasteiger partial charge in [-0.2, -0.15) is 9.78 Å². The molecule has 0 saturated carbocycles. The van der Waals surface area contributed by atoms with Crippen LogP contribution >= 0.6 is 0 Å². The quantitative estimate of drug-likeness (QED) is 0.718. The Kier molecular flexibility index (Phi) is 4.20. The molecule has 1 heterocycles. The highest BCUT2D eigenvalue weighted by Gasteiger charge is 2.11. The Bertz CT molecular complexity index is 934. The maximum absolute atomic E-state index is 13.4. The van der Waals surface area contributed by atoms with Gasteiger partial charge < -0.3 is 0 Å². The van der Waals surface area contributed by atoms with Crippen molar-refractivity contribution in [1.29, 1.82) is 0 Å². The van der Waals surface area contributed by atoms with Gasteiger partial charge in [0.1, 0.15) is 5.82 Å². The van der Waals surface area contributed by atoms with Crippen LogP contribution in [0.2, 0.25) is 0 Å². The first-order chi connectivity index (χ1) is 11.5. The Labute approximate surface area is 136 Å². The lowest BCUT2D eigenvalue weighted by atomic mass is 10.1. The minimum atomic E-state index is -2.55. The lowest BCUT2D eigenvalue weighted by Gasteiger charge is -2.10. The Morgan fingerprint density at radius 1 is 1.04 bits per heavy atom. The van der Waals surface area contributed by atoms with Crippen molar-refractivity contribution < 1.29 is 13.2 Å². The van der Waals surface area contributed by atoms with Gasteiger partial charge in [0, 0.05) is 16.7 Å². The molecule has 0 aliphatic rings. The number of rotatable bonds is 3. The van der Waals surface area contributed by atoms with Gasteiger partial charge in [-0.05, 0) is 31.2 Å². The fourth-order valence-corrected chi connectivity index (χ4v) is 2.34. The third-order valence-corrected chi connectivity index (χ3v) is 3.60. The Morgan fingerprint density at radius 3 is 2.38 bits per heavy atom. The highest BCUT2D eigenvalue weighted by Crippen LogP contribution is 2.23. The van der Waals surface area contributed by atoms with Crippen LogP contribution in [0.5, 0.6) is 0 Å². The van der Waals surface area contributed by atoms with Gasteiger partial charge in [0.05, 0.1) is 11.4 Å². The molecule has 3 rings (SSSR count). The van der Waals surface area contributed by atoms with Crippen LogP contribution in [0.15, 0.2) is 59.4 Å². The largest absolute Gasteiger partial charge is 0.274 e. The third kappa shape index (κ3) is 3.08. The van der Waals surface area contributed by atoms with Crippen LogP contribution < -0.4 is 5.56 Å². The number of hydrogen-bond acceptors (Lipinski definition) is 2. The van der Waals surface area contributed by atoms with Crippen molar-refractivity contribution in [3.8, 4) is 16.9 Å². The second kappa shape index (κ2) is 6.31. The summed E-state index contributed by atoms with van der Waals surface area (Å²) in [5, 5.41) is 4.24. The molecule has 0 atom stereocenters. The topological polar surface area (TPSA) is 34.9 Å². The van der Waals surface area contributed by atoms with Crippen molar-refractivity contribution in [2.45, 2.75) is 13.3 Å². The van der Waals surface area contributed by atoms with Crippen molar-refractivity contribution in [1.82, 2.24) is 9.78 Å². The molecule has 24 heavy (non-hydrogen) atoms. The summed E-state index contributed by atoms with van der Waals surface area (Å²) in [6, 6.07) is 12.8. The lowest BCUT2D eigenvalue weighted by molar-refractivity contribution is 0.151. The van der Waals surface area contributed by atoms with Crippen LogP contribution in [0.4, 0.5) is 13.2 Å². The van der Waals surface area contributed by atoms with Crippen LogP contribution in [0, 0.1) is 12.7 Å². The molecule has 0 saturated heterocycles. The molecule has 0 bridgehead atoms. The molecule has 0 unspecified atom stereocenters. The summed E-state index contributed by atoms with van der Waals surface area (Å²) in [6.07, 6.45) is -2.55. The number of nitrogens with zero attached hydrogens (tertiary/aromatic N) is 2. The van der Waals surface area contributed by atoms with Crippen LogP contribution in [-0.4, -0.2) is 9.78 Å². The summed E-state index contributed by atoms with van der Waals surface area (Å²) in [5.74, 6) is -0.481. The van der Waals surface area contributed by atoms with E-state index in [0.717, 1.165) is 4.68 Å². The van der Waals surface area contributed by atoms with E-state index >= 15 is 0 Å². The van der Waals surface area contributed by atoms with E-state index in [0.29, 0.717) is 22.5 Å². The zero-order valence-corrected chi connectivity index (χ0v) is 12.7. The minimum absolute atomic E-state index is 0.0890. The van der Waals surface area contributed by atoms with Crippen molar-refractivity contribution in [2.24, 2.45) is 0 Å². The standard InChI is InChI=1S/C18H13F3N2O/c1-11-9-16(12-5-7-13(8-6-12)17(20)21)22-23(18(11)24)15-4-2-3-14(19)10-15/h2-10,17H,1H3. The van der Waals surface area contributed by atoms with E-state index in [4.69, 9.17) is 0 Å². The summed E-state index contributed by atoms with van der Waals surface area (Å²) in [5.41, 5.74) is 1.30. The van der Waals surface area contributed by atoms with E-state index in [1.165, 1.54) is 42.5 Å². The predicted molar refractivity (Wildman–Crippen MR) is 84.9 cm³/mol. The number of benzene rings is 2. The Morgan fingerprint density at radius 2 is 1.75 bits per heavy atom. The summed E-state index contributed by atoms with van der Waals surface area (Å²) >= 11 is 0. The summed E-state index contributed by atoms with van der Waals surface area (Å²) in [6.45, 7) is 1.62. The zero-order valence-electron chi connectivity index (χ0n) is 12.7. The molecular formula is C18H13F3N2O. The molecular weight excluding hydrogens is 317 g/mol. The first kappa shape index (κ1) is 16.0. The van der Waals surface area contributed by atoms with Crippen LogP contribution in [0.25, 0.3) is 16.9 Å². The van der Waals surface area contributed by atoms with E-state index < -0.39 is 12.2 Å². The average Bonchev–Trinajstić information content (AvgIpc) is 2.57. The first-order valence-electron chi connectivity index (χ1n) is 7.21. The number of halogens is 3. The number of aryl methyl sites for hydroxylation is 1. The summed E-state index contributed by atoms with van der Waals surface area (Å²) in [4.78, 5) is 12.3. The maximum atomic E-state index is 13.4. The Balaban J connectivity index is 2.12. The van der Waals surface area contributed by atoms with Crippen molar-refractivity contribution in [3.05, 3.63) is 81.9 Å². The molecule has 0 aliphatic heterocycles. The average molecular weight is 330 g/mol. The fraction of sp³-hybridized carbons (Fsp3) is 0.111. The zero-order chi connectivity index (χ0) is 17.3. The molecule has 0 radical (unpaired) electrons. The Hall–Kier alpha value is -2.89. The molecule has 6 heteroatoms. The number of aromatic nitrogens is 2. The third-order valence-electron chi connectivity index (χ3n) is 3.60. The van der Waals surface area contributed by atoms with Crippen LogP contribution in [-0.2, 0) is 0 Å². The van der Waals surface area contributed by atoms with Crippen molar-refractivity contribution in [2.75, 3.05) is 0 Å².